The molecule has 1 fully saturated rings. The Balaban J connectivity index is 1.27. The molecular formula is C22H31N3O. The van der Waals surface area contributed by atoms with Gasteiger partial charge in [0, 0.05) is 45.7 Å². The standard InChI is InChI=1S/C22H31N3O/c26-22(12-14-23-13-11-20-7-3-1-4-8-20)25-17-15-24(16-18-25)19-21-9-5-2-6-10-21/h1-5,7-9,23H,6,10-19H2. The largest absolute Gasteiger partial charge is 0.340 e. The van der Waals surface area contributed by atoms with Gasteiger partial charge >= 0.3 is 0 Å². The minimum Gasteiger partial charge on any atom is -0.340 e. The van der Waals surface area contributed by atoms with Gasteiger partial charge < -0.3 is 10.2 Å². The quantitative estimate of drug-likeness (QED) is 0.730. The van der Waals surface area contributed by atoms with Gasteiger partial charge in [-0.15, -0.1) is 0 Å². The summed E-state index contributed by atoms with van der Waals surface area (Å²) in [6, 6.07) is 10.5. The first-order chi connectivity index (χ1) is 12.8. The van der Waals surface area contributed by atoms with E-state index >= 15 is 0 Å². The van der Waals surface area contributed by atoms with Gasteiger partial charge in [-0.05, 0) is 31.4 Å². The number of hydrogen-bond acceptors (Lipinski definition) is 3. The van der Waals surface area contributed by atoms with Crippen molar-refractivity contribution in [1.82, 2.24) is 15.1 Å². The number of piperazine rings is 1. The van der Waals surface area contributed by atoms with Gasteiger partial charge in [-0.2, -0.15) is 0 Å². The molecule has 1 amide bonds. The molecule has 3 rings (SSSR count). The van der Waals surface area contributed by atoms with Crippen molar-refractivity contribution in [2.24, 2.45) is 0 Å². The van der Waals surface area contributed by atoms with Crippen molar-refractivity contribution in [2.45, 2.75) is 25.7 Å². The van der Waals surface area contributed by atoms with Gasteiger partial charge in [0.05, 0.1) is 0 Å². The minimum absolute atomic E-state index is 0.289. The zero-order chi connectivity index (χ0) is 18.0. The molecule has 0 unspecified atom stereocenters. The van der Waals surface area contributed by atoms with Crippen LogP contribution in [0.5, 0.6) is 0 Å². The molecule has 0 spiro atoms. The second-order valence-electron chi connectivity index (χ2n) is 7.18. The zero-order valence-corrected chi connectivity index (χ0v) is 15.7. The number of benzene rings is 1. The van der Waals surface area contributed by atoms with Gasteiger partial charge in [-0.1, -0.05) is 54.1 Å². The summed E-state index contributed by atoms with van der Waals surface area (Å²) in [4.78, 5) is 16.9. The average Bonchev–Trinajstić information content (AvgIpc) is 2.70. The van der Waals surface area contributed by atoms with Crippen molar-refractivity contribution in [3.8, 4) is 0 Å². The summed E-state index contributed by atoms with van der Waals surface area (Å²) in [6.45, 7) is 6.48. The summed E-state index contributed by atoms with van der Waals surface area (Å²) < 4.78 is 0. The number of nitrogens with zero attached hydrogens (tertiary/aromatic N) is 2. The Hall–Kier alpha value is -1.91. The maximum Gasteiger partial charge on any atom is 0.223 e. The average molecular weight is 354 g/mol. The second-order valence-corrected chi connectivity index (χ2v) is 7.18. The van der Waals surface area contributed by atoms with E-state index in [1.165, 1.54) is 24.0 Å². The molecular weight excluding hydrogens is 322 g/mol. The topological polar surface area (TPSA) is 35.6 Å². The molecule has 4 heteroatoms. The Labute approximate surface area is 157 Å². The van der Waals surface area contributed by atoms with Crippen LogP contribution < -0.4 is 5.32 Å². The van der Waals surface area contributed by atoms with E-state index in [0.29, 0.717) is 6.42 Å². The van der Waals surface area contributed by atoms with Gasteiger partial charge in [0.25, 0.3) is 0 Å². The number of carbonyl (C=O) groups is 1. The number of rotatable bonds is 8. The molecule has 1 heterocycles. The third-order valence-corrected chi connectivity index (χ3v) is 5.20. The summed E-state index contributed by atoms with van der Waals surface area (Å²) in [7, 11) is 0. The van der Waals surface area contributed by atoms with E-state index in [4.69, 9.17) is 0 Å². The molecule has 0 atom stereocenters. The molecule has 1 saturated heterocycles. The molecule has 140 valence electrons. The van der Waals surface area contributed by atoms with Crippen LogP contribution >= 0.6 is 0 Å². The maximum atomic E-state index is 12.4. The lowest BCUT2D eigenvalue weighted by Gasteiger charge is -2.35. The third kappa shape index (κ3) is 6.11. The Kier molecular flexibility index (Phi) is 7.47. The Morgan fingerprint density at radius 3 is 2.58 bits per heavy atom. The van der Waals surface area contributed by atoms with E-state index in [0.717, 1.165) is 52.2 Å². The molecule has 1 aromatic rings. The molecule has 1 aliphatic carbocycles. The first-order valence-electron chi connectivity index (χ1n) is 9.90. The molecule has 0 bridgehead atoms. The molecule has 26 heavy (non-hydrogen) atoms. The summed E-state index contributed by atoms with van der Waals surface area (Å²) in [5.74, 6) is 0.289. The fraction of sp³-hybridized carbons (Fsp3) is 0.500. The number of hydrogen-bond donors (Lipinski definition) is 1. The van der Waals surface area contributed by atoms with E-state index < -0.39 is 0 Å². The summed E-state index contributed by atoms with van der Waals surface area (Å²) in [5.41, 5.74) is 2.86. The first kappa shape index (κ1) is 18.9. The van der Waals surface area contributed by atoms with Crippen molar-refractivity contribution in [2.75, 3.05) is 45.8 Å². The number of allylic oxidation sites excluding steroid dienone is 3. The van der Waals surface area contributed by atoms with Crippen molar-refractivity contribution >= 4 is 5.91 Å². The highest BCUT2D eigenvalue weighted by Crippen LogP contribution is 2.14. The summed E-state index contributed by atoms with van der Waals surface area (Å²) in [6.07, 6.45) is 10.6. The van der Waals surface area contributed by atoms with Crippen LogP contribution in [0.15, 0.2) is 54.1 Å². The molecule has 0 radical (unpaired) electrons. The molecule has 0 saturated carbocycles. The fourth-order valence-electron chi connectivity index (χ4n) is 3.58. The lowest BCUT2D eigenvalue weighted by molar-refractivity contribution is -0.132. The van der Waals surface area contributed by atoms with Crippen LogP contribution in [0, 0.1) is 0 Å². The number of amides is 1. The van der Waals surface area contributed by atoms with Crippen molar-refractivity contribution in [1.29, 1.82) is 0 Å². The third-order valence-electron chi connectivity index (χ3n) is 5.20. The molecule has 1 aromatic carbocycles. The summed E-state index contributed by atoms with van der Waals surface area (Å²) in [5, 5.41) is 3.40. The van der Waals surface area contributed by atoms with E-state index in [1.54, 1.807) is 0 Å². The predicted molar refractivity (Wildman–Crippen MR) is 107 cm³/mol. The van der Waals surface area contributed by atoms with Crippen LogP contribution in [-0.4, -0.2) is 61.5 Å². The Bertz CT molecular complexity index is 616. The molecule has 2 aliphatic rings. The van der Waals surface area contributed by atoms with Crippen molar-refractivity contribution in [3.63, 3.8) is 0 Å². The second kappa shape index (κ2) is 10.3. The van der Waals surface area contributed by atoms with E-state index in [1.807, 2.05) is 11.0 Å². The SMILES string of the molecule is O=C(CCNCCc1ccccc1)N1CCN(CC2=CC=CCC2)CC1. The summed E-state index contributed by atoms with van der Waals surface area (Å²) >= 11 is 0. The highest BCUT2D eigenvalue weighted by molar-refractivity contribution is 5.76. The molecule has 1 N–H and O–H groups in total. The van der Waals surface area contributed by atoms with Crippen molar-refractivity contribution in [3.05, 3.63) is 59.7 Å². The Morgan fingerprint density at radius 2 is 1.85 bits per heavy atom. The van der Waals surface area contributed by atoms with Crippen LogP contribution in [-0.2, 0) is 11.2 Å². The van der Waals surface area contributed by atoms with Crippen molar-refractivity contribution < 1.29 is 4.79 Å². The molecule has 0 aromatic heterocycles. The fourth-order valence-corrected chi connectivity index (χ4v) is 3.58. The predicted octanol–water partition coefficient (Wildman–Crippen LogP) is 2.63. The smallest absolute Gasteiger partial charge is 0.223 e. The van der Waals surface area contributed by atoms with Crippen LogP contribution in [0.2, 0.25) is 0 Å². The van der Waals surface area contributed by atoms with Crippen LogP contribution in [0.25, 0.3) is 0 Å². The normalized spacial score (nSPS) is 18.0. The van der Waals surface area contributed by atoms with Gasteiger partial charge in [0.15, 0.2) is 0 Å². The first-order valence-corrected chi connectivity index (χ1v) is 9.90. The van der Waals surface area contributed by atoms with Crippen LogP contribution in [0.3, 0.4) is 0 Å². The lowest BCUT2D eigenvalue weighted by atomic mass is 10.0. The van der Waals surface area contributed by atoms with Crippen LogP contribution in [0.1, 0.15) is 24.8 Å². The van der Waals surface area contributed by atoms with E-state index in [9.17, 15) is 4.79 Å². The molecule has 4 nitrogen and oxygen atoms in total. The van der Waals surface area contributed by atoms with Crippen LogP contribution in [0.4, 0.5) is 0 Å². The maximum absolute atomic E-state index is 12.4. The molecule has 1 aliphatic heterocycles. The van der Waals surface area contributed by atoms with Gasteiger partial charge in [-0.25, -0.2) is 0 Å². The van der Waals surface area contributed by atoms with Gasteiger partial charge in [0.2, 0.25) is 5.91 Å². The van der Waals surface area contributed by atoms with E-state index in [2.05, 4.69) is 52.7 Å². The number of nitrogens with one attached hydrogen (secondary N) is 1. The monoisotopic (exact) mass is 353 g/mol. The highest BCUT2D eigenvalue weighted by Gasteiger charge is 2.21. The van der Waals surface area contributed by atoms with E-state index in [-0.39, 0.29) is 5.91 Å². The van der Waals surface area contributed by atoms with Gasteiger partial charge in [-0.3, -0.25) is 9.69 Å². The Morgan fingerprint density at radius 1 is 1.04 bits per heavy atom. The van der Waals surface area contributed by atoms with Gasteiger partial charge in [0.1, 0.15) is 0 Å². The highest BCUT2D eigenvalue weighted by atomic mass is 16.2. The minimum atomic E-state index is 0.289. The lowest BCUT2D eigenvalue weighted by Crippen LogP contribution is -2.49. The zero-order valence-electron chi connectivity index (χ0n) is 15.7. The number of carbonyl (C=O) groups excluding carboxylic acids is 1.